The van der Waals surface area contributed by atoms with Crippen molar-refractivity contribution in [1.82, 2.24) is 5.32 Å². The molecule has 0 aromatic heterocycles. The van der Waals surface area contributed by atoms with Gasteiger partial charge in [0, 0.05) is 12.1 Å². The third-order valence-electron chi connectivity index (χ3n) is 3.03. The summed E-state index contributed by atoms with van der Waals surface area (Å²) in [7, 11) is 0. The molecule has 0 bridgehead atoms. The van der Waals surface area contributed by atoms with E-state index in [0.29, 0.717) is 6.61 Å². The van der Waals surface area contributed by atoms with Gasteiger partial charge in [-0.1, -0.05) is 65.0 Å². The lowest BCUT2D eigenvalue weighted by molar-refractivity contribution is -0.137. The van der Waals surface area contributed by atoms with Gasteiger partial charge < -0.3 is 10.1 Å². The fraction of sp³-hybridized carbons (Fsp3) is 0.684. The molecule has 0 saturated heterocycles. The molecule has 1 N–H and O–H groups in total. The summed E-state index contributed by atoms with van der Waals surface area (Å²) in [5, 5.41) is 2.64. The fourth-order valence-corrected chi connectivity index (χ4v) is 1.81. The summed E-state index contributed by atoms with van der Waals surface area (Å²) in [4.78, 5) is 21.1. The van der Waals surface area contributed by atoms with Crippen LogP contribution in [0.15, 0.2) is 25.3 Å². The van der Waals surface area contributed by atoms with Crippen molar-refractivity contribution in [2.75, 3.05) is 6.61 Å². The lowest BCUT2D eigenvalue weighted by Crippen LogP contribution is -2.27. The smallest absolute Gasteiger partial charge is 0.330 e. The number of ether oxygens (including phenoxy) is 1. The highest BCUT2D eigenvalue weighted by molar-refractivity contribution is 5.86. The first-order valence-electron chi connectivity index (χ1n) is 8.70. The van der Waals surface area contributed by atoms with Gasteiger partial charge in [-0.25, -0.2) is 4.79 Å². The predicted molar refractivity (Wildman–Crippen MR) is 97.2 cm³/mol. The van der Waals surface area contributed by atoms with Crippen molar-refractivity contribution in [2.24, 2.45) is 0 Å². The first-order chi connectivity index (χ1) is 11.0. The summed E-state index contributed by atoms with van der Waals surface area (Å²) >= 11 is 0. The Kier molecular flexibility index (Phi) is 19.0. The van der Waals surface area contributed by atoms with Gasteiger partial charge in [-0.15, -0.1) is 0 Å². The number of carbonyl (C=O) groups is 2. The van der Waals surface area contributed by atoms with Gasteiger partial charge in [0.2, 0.25) is 5.91 Å². The van der Waals surface area contributed by atoms with E-state index in [9.17, 15) is 9.59 Å². The second kappa shape index (κ2) is 18.5. The molecule has 134 valence electrons. The zero-order valence-corrected chi connectivity index (χ0v) is 15.2. The number of nitrogens with one attached hydrogen (secondary N) is 1. The molecule has 0 unspecified atom stereocenters. The summed E-state index contributed by atoms with van der Waals surface area (Å²) in [6.07, 6.45) is 12.6. The highest BCUT2D eigenvalue weighted by atomic mass is 16.5. The van der Waals surface area contributed by atoms with Crippen molar-refractivity contribution in [3.63, 3.8) is 0 Å². The van der Waals surface area contributed by atoms with E-state index >= 15 is 0 Å². The average molecular weight is 325 g/mol. The van der Waals surface area contributed by atoms with Crippen molar-refractivity contribution in [2.45, 2.75) is 78.2 Å². The summed E-state index contributed by atoms with van der Waals surface area (Å²) in [5.74, 6) is -0.419. The molecule has 0 saturated carbocycles. The second-order valence-electron chi connectivity index (χ2n) is 5.71. The normalized spacial score (nSPS) is 9.57. The van der Waals surface area contributed by atoms with Crippen LogP contribution < -0.4 is 5.32 Å². The topological polar surface area (TPSA) is 55.4 Å². The minimum atomic E-state index is -0.307. The summed E-state index contributed by atoms with van der Waals surface area (Å²) in [5.41, 5.74) is 0. The minimum Gasteiger partial charge on any atom is -0.463 e. The largest absolute Gasteiger partial charge is 0.463 e. The standard InChI is InChI=1S/C13H24O2.C6H11NO/c1-3-5-6-7-8-9-10-11-12-15-13(14)4-2;1-4-6(8)7-5(2)3/h4H,2-3,5-12H2,1H3;4-5H,1H2,2-3H3,(H,7,8). The van der Waals surface area contributed by atoms with Gasteiger partial charge in [-0.05, 0) is 26.3 Å². The van der Waals surface area contributed by atoms with Gasteiger partial charge in [-0.2, -0.15) is 0 Å². The summed E-state index contributed by atoms with van der Waals surface area (Å²) < 4.78 is 4.88. The Labute approximate surface area is 142 Å². The van der Waals surface area contributed by atoms with Crippen molar-refractivity contribution in [3.8, 4) is 0 Å². The lowest BCUT2D eigenvalue weighted by atomic mass is 10.1. The van der Waals surface area contributed by atoms with Crippen LogP contribution >= 0.6 is 0 Å². The number of esters is 1. The fourth-order valence-electron chi connectivity index (χ4n) is 1.81. The van der Waals surface area contributed by atoms with E-state index in [1.807, 2.05) is 13.8 Å². The Hall–Kier alpha value is -1.58. The molecule has 0 rings (SSSR count). The molecule has 4 nitrogen and oxygen atoms in total. The van der Waals surface area contributed by atoms with E-state index in [1.54, 1.807) is 0 Å². The number of unbranched alkanes of at least 4 members (excludes halogenated alkanes) is 7. The van der Waals surface area contributed by atoms with Gasteiger partial charge in [0.05, 0.1) is 6.61 Å². The summed E-state index contributed by atoms with van der Waals surface area (Å²) in [6, 6.07) is 0.209. The Bertz CT molecular complexity index is 325. The van der Waals surface area contributed by atoms with E-state index in [1.165, 1.54) is 50.7 Å². The van der Waals surface area contributed by atoms with E-state index in [4.69, 9.17) is 4.74 Å². The third kappa shape index (κ3) is 22.8. The minimum absolute atomic E-state index is 0.111. The number of rotatable bonds is 12. The van der Waals surface area contributed by atoms with Crippen LogP contribution in [0, 0.1) is 0 Å². The molecular weight excluding hydrogens is 290 g/mol. The van der Waals surface area contributed by atoms with Gasteiger partial charge in [-0.3, -0.25) is 4.79 Å². The maximum absolute atomic E-state index is 10.7. The van der Waals surface area contributed by atoms with E-state index < -0.39 is 0 Å². The van der Waals surface area contributed by atoms with E-state index in [2.05, 4.69) is 25.4 Å². The Morgan fingerprint density at radius 2 is 1.48 bits per heavy atom. The third-order valence-corrected chi connectivity index (χ3v) is 3.03. The molecular formula is C19H35NO3. The molecule has 0 aliphatic carbocycles. The van der Waals surface area contributed by atoms with Crippen LogP contribution in [0.2, 0.25) is 0 Å². The quantitative estimate of drug-likeness (QED) is 0.325. The molecule has 0 aromatic carbocycles. The van der Waals surface area contributed by atoms with Gasteiger partial charge in [0.1, 0.15) is 0 Å². The Morgan fingerprint density at radius 3 is 1.87 bits per heavy atom. The molecule has 4 heteroatoms. The molecule has 0 aliphatic rings. The average Bonchev–Trinajstić information content (AvgIpc) is 2.52. The lowest BCUT2D eigenvalue weighted by Gasteiger charge is -2.02. The molecule has 0 radical (unpaired) electrons. The van der Waals surface area contributed by atoms with Crippen LogP contribution in [0.3, 0.4) is 0 Å². The van der Waals surface area contributed by atoms with Crippen LogP contribution in [-0.4, -0.2) is 24.5 Å². The first-order valence-corrected chi connectivity index (χ1v) is 8.70. The van der Waals surface area contributed by atoms with Crippen molar-refractivity contribution in [3.05, 3.63) is 25.3 Å². The Balaban J connectivity index is 0. The molecule has 0 atom stereocenters. The van der Waals surface area contributed by atoms with Gasteiger partial charge in [0.15, 0.2) is 0 Å². The van der Waals surface area contributed by atoms with Crippen LogP contribution in [0.4, 0.5) is 0 Å². The monoisotopic (exact) mass is 325 g/mol. The van der Waals surface area contributed by atoms with Crippen LogP contribution in [0.5, 0.6) is 0 Å². The van der Waals surface area contributed by atoms with Gasteiger partial charge >= 0.3 is 5.97 Å². The van der Waals surface area contributed by atoms with Crippen molar-refractivity contribution in [1.29, 1.82) is 0 Å². The molecule has 0 fully saturated rings. The maximum Gasteiger partial charge on any atom is 0.330 e. The number of hydrogen-bond acceptors (Lipinski definition) is 3. The molecule has 0 heterocycles. The van der Waals surface area contributed by atoms with Crippen LogP contribution in [0.25, 0.3) is 0 Å². The first kappa shape index (κ1) is 23.7. The van der Waals surface area contributed by atoms with E-state index in [0.717, 1.165) is 12.8 Å². The van der Waals surface area contributed by atoms with Crippen LogP contribution in [0.1, 0.15) is 72.1 Å². The van der Waals surface area contributed by atoms with E-state index in [-0.39, 0.29) is 17.9 Å². The molecule has 0 spiro atoms. The highest BCUT2D eigenvalue weighted by Crippen LogP contribution is 2.08. The zero-order chi connectivity index (χ0) is 17.9. The van der Waals surface area contributed by atoms with Crippen LogP contribution in [-0.2, 0) is 14.3 Å². The molecule has 1 amide bonds. The van der Waals surface area contributed by atoms with Crippen molar-refractivity contribution >= 4 is 11.9 Å². The molecule has 0 aromatic rings. The predicted octanol–water partition coefficient (Wildman–Crippen LogP) is 4.55. The number of carbonyl (C=O) groups excluding carboxylic acids is 2. The maximum atomic E-state index is 10.7. The van der Waals surface area contributed by atoms with Crippen molar-refractivity contribution < 1.29 is 14.3 Å². The Morgan fingerprint density at radius 1 is 0.957 bits per heavy atom. The molecule has 23 heavy (non-hydrogen) atoms. The number of hydrogen-bond donors (Lipinski definition) is 1. The second-order valence-corrected chi connectivity index (χ2v) is 5.71. The highest BCUT2D eigenvalue weighted by Gasteiger charge is 1.95. The van der Waals surface area contributed by atoms with Gasteiger partial charge in [0.25, 0.3) is 0 Å². The summed E-state index contributed by atoms with van der Waals surface area (Å²) in [6.45, 7) is 13.2. The SMILES string of the molecule is C=CC(=O)NC(C)C.C=CC(=O)OCCCCCCCCCC. The zero-order valence-electron chi connectivity index (χ0n) is 15.2. The molecule has 0 aliphatic heterocycles. The number of amides is 1.